The van der Waals surface area contributed by atoms with Gasteiger partial charge >= 0.3 is 0 Å². The Balaban J connectivity index is 1.44. The largest absolute Gasteiger partial charge is 0.507 e. The van der Waals surface area contributed by atoms with Gasteiger partial charge < -0.3 is 15.3 Å². The molecule has 1 aliphatic rings. The van der Waals surface area contributed by atoms with Gasteiger partial charge in [-0.1, -0.05) is 116 Å². The van der Waals surface area contributed by atoms with Crippen LogP contribution in [0.1, 0.15) is 65.0 Å². The molecule has 0 aliphatic heterocycles. The predicted octanol–water partition coefficient (Wildman–Crippen LogP) is 11.4. The summed E-state index contributed by atoms with van der Waals surface area (Å²) >= 11 is 0. The van der Waals surface area contributed by atoms with E-state index in [4.69, 9.17) is 0 Å². The lowest BCUT2D eigenvalue weighted by Gasteiger charge is -2.43. The van der Waals surface area contributed by atoms with Crippen LogP contribution in [0.5, 0.6) is 17.2 Å². The Kier molecular flexibility index (Phi) is 8.31. The molecule has 0 radical (unpaired) electrons. The molecule has 6 aromatic rings. The van der Waals surface area contributed by atoms with Crippen molar-refractivity contribution in [3.63, 3.8) is 0 Å². The normalized spacial score (nSPS) is 15.7. The van der Waals surface area contributed by atoms with Gasteiger partial charge in [0.15, 0.2) is 0 Å². The highest BCUT2D eigenvalue weighted by Crippen LogP contribution is 2.54. The molecule has 3 nitrogen and oxygen atoms in total. The highest BCUT2D eigenvalue weighted by Gasteiger charge is 2.41. The van der Waals surface area contributed by atoms with Crippen LogP contribution >= 0.6 is 0 Å². The van der Waals surface area contributed by atoms with E-state index >= 15 is 0 Å². The topological polar surface area (TPSA) is 60.7 Å². The average Bonchev–Trinajstić information content (AvgIpc) is 3.12. The summed E-state index contributed by atoms with van der Waals surface area (Å²) in [6.45, 7) is 5.98. The molecule has 3 N–H and O–H groups in total. The van der Waals surface area contributed by atoms with Gasteiger partial charge in [0, 0.05) is 22.1 Å². The predicted molar refractivity (Wildman–Crippen MR) is 197 cm³/mol. The van der Waals surface area contributed by atoms with Gasteiger partial charge in [0.1, 0.15) is 17.2 Å². The highest BCUT2D eigenvalue weighted by atomic mass is 16.3. The van der Waals surface area contributed by atoms with Crippen molar-refractivity contribution in [2.24, 2.45) is 0 Å². The summed E-state index contributed by atoms with van der Waals surface area (Å²) in [4.78, 5) is 0. The van der Waals surface area contributed by atoms with E-state index < -0.39 is 5.41 Å². The fraction of sp³-hybridized carbons (Fsp3) is 0.200. The second-order valence-corrected chi connectivity index (χ2v) is 13.6. The van der Waals surface area contributed by atoms with Crippen molar-refractivity contribution >= 4 is 0 Å². The van der Waals surface area contributed by atoms with Gasteiger partial charge in [-0.3, -0.25) is 0 Å². The minimum Gasteiger partial charge on any atom is -0.507 e. The van der Waals surface area contributed by atoms with Gasteiger partial charge in [-0.05, 0) is 114 Å². The maximum atomic E-state index is 11.4. The molecular formula is C45H42O3. The summed E-state index contributed by atoms with van der Waals surface area (Å²) in [5.41, 5.74) is 11.2. The molecule has 240 valence electrons. The summed E-state index contributed by atoms with van der Waals surface area (Å²) in [6, 6.07) is 43.5. The van der Waals surface area contributed by atoms with Crippen LogP contribution in [0.15, 0.2) is 127 Å². The number of rotatable bonds is 6. The molecule has 7 rings (SSSR count). The molecule has 0 bridgehead atoms. The van der Waals surface area contributed by atoms with Gasteiger partial charge in [0.05, 0.1) is 0 Å². The zero-order valence-electron chi connectivity index (χ0n) is 27.9. The summed E-state index contributed by atoms with van der Waals surface area (Å²) in [5.74, 6) is 1.17. The number of phenolic OH excluding ortho intramolecular Hbond substituents is 3. The number of benzene rings is 6. The van der Waals surface area contributed by atoms with E-state index in [2.05, 4.69) is 72.8 Å². The van der Waals surface area contributed by atoms with Crippen LogP contribution in [-0.4, -0.2) is 15.3 Å². The fourth-order valence-electron chi connectivity index (χ4n) is 7.92. The van der Waals surface area contributed by atoms with Gasteiger partial charge in [-0.25, -0.2) is 0 Å². The Morgan fingerprint density at radius 3 is 1.33 bits per heavy atom. The zero-order valence-corrected chi connectivity index (χ0v) is 27.9. The van der Waals surface area contributed by atoms with Crippen LogP contribution in [0, 0.1) is 20.8 Å². The minimum atomic E-state index is -0.397. The zero-order chi connectivity index (χ0) is 33.4. The molecule has 6 aromatic carbocycles. The second kappa shape index (κ2) is 12.7. The van der Waals surface area contributed by atoms with E-state index in [-0.39, 0.29) is 5.92 Å². The Bertz CT molecular complexity index is 1990. The molecule has 1 aliphatic carbocycles. The molecule has 1 saturated carbocycles. The summed E-state index contributed by atoms with van der Waals surface area (Å²) in [5, 5.41) is 33.9. The van der Waals surface area contributed by atoms with Crippen molar-refractivity contribution in [2.45, 2.75) is 57.8 Å². The quantitative estimate of drug-likeness (QED) is 0.172. The molecule has 1 atom stereocenters. The molecule has 0 amide bonds. The van der Waals surface area contributed by atoms with Crippen molar-refractivity contribution in [1.29, 1.82) is 0 Å². The lowest BCUT2D eigenvalue weighted by molar-refractivity contribution is 0.309. The Morgan fingerprint density at radius 2 is 0.896 bits per heavy atom. The van der Waals surface area contributed by atoms with E-state index in [0.717, 1.165) is 75.8 Å². The first-order chi connectivity index (χ1) is 23.2. The van der Waals surface area contributed by atoms with E-state index in [1.165, 1.54) is 16.7 Å². The number of aromatic hydroxyl groups is 3. The maximum absolute atomic E-state index is 11.4. The van der Waals surface area contributed by atoms with Gasteiger partial charge in [-0.15, -0.1) is 0 Å². The molecule has 0 saturated heterocycles. The molecule has 0 heterocycles. The van der Waals surface area contributed by atoms with E-state index in [1.807, 2.05) is 75.4 Å². The SMILES string of the molecule is Cc1cc(C2CCCC(c3cc(C)c(O)c(-c4ccccc4)c3)(c3cc(C)c(O)c(-c4ccccc4)c3)C2)cc(-c2ccccc2)c1O. The van der Waals surface area contributed by atoms with E-state index in [0.29, 0.717) is 17.2 Å². The number of phenols is 3. The number of hydrogen-bond acceptors (Lipinski definition) is 3. The van der Waals surface area contributed by atoms with Gasteiger partial charge in [-0.2, -0.15) is 0 Å². The summed E-state index contributed by atoms with van der Waals surface area (Å²) in [6.07, 6.45) is 3.82. The minimum absolute atomic E-state index is 0.226. The van der Waals surface area contributed by atoms with Crippen molar-refractivity contribution < 1.29 is 15.3 Å². The molecule has 0 spiro atoms. The highest BCUT2D eigenvalue weighted by molar-refractivity contribution is 5.76. The Hall–Kier alpha value is -5.28. The Labute approximate surface area is 283 Å². The van der Waals surface area contributed by atoms with Crippen molar-refractivity contribution in [2.75, 3.05) is 0 Å². The molecular weight excluding hydrogens is 588 g/mol. The van der Waals surface area contributed by atoms with Crippen LogP contribution in [0.3, 0.4) is 0 Å². The molecule has 3 heteroatoms. The molecule has 1 fully saturated rings. The third-order valence-electron chi connectivity index (χ3n) is 10.5. The monoisotopic (exact) mass is 630 g/mol. The lowest BCUT2D eigenvalue weighted by atomic mass is 9.60. The summed E-state index contributed by atoms with van der Waals surface area (Å²) < 4.78 is 0. The second-order valence-electron chi connectivity index (χ2n) is 13.6. The molecule has 1 unspecified atom stereocenters. The first-order valence-electron chi connectivity index (χ1n) is 16.9. The van der Waals surface area contributed by atoms with E-state index in [1.54, 1.807) is 0 Å². The van der Waals surface area contributed by atoms with Gasteiger partial charge in [0.2, 0.25) is 0 Å². The first-order valence-corrected chi connectivity index (χ1v) is 16.9. The van der Waals surface area contributed by atoms with Crippen LogP contribution < -0.4 is 0 Å². The standard InChI is InChI=1S/C45H42O3/c1-29-22-36(25-39(42(29)46)32-14-7-4-8-15-32)35-20-13-21-45(28-35,37-23-30(2)43(47)40(26-37)33-16-9-5-10-17-33)38-24-31(3)44(48)41(27-38)34-18-11-6-12-19-34/h4-12,14-19,22-27,35,46-48H,13,20-21,28H2,1-3H3. The summed E-state index contributed by atoms with van der Waals surface area (Å²) in [7, 11) is 0. The number of hydrogen-bond donors (Lipinski definition) is 3. The first kappa shape index (κ1) is 31.3. The maximum Gasteiger partial charge on any atom is 0.126 e. The molecule has 0 aromatic heterocycles. The van der Waals surface area contributed by atoms with Gasteiger partial charge in [0.25, 0.3) is 0 Å². The van der Waals surface area contributed by atoms with Crippen LogP contribution in [0.4, 0.5) is 0 Å². The van der Waals surface area contributed by atoms with Crippen molar-refractivity contribution in [3.8, 4) is 50.6 Å². The fourth-order valence-corrected chi connectivity index (χ4v) is 7.92. The third kappa shape index (κ3) is 5.64. The Morgan fingerprint density at radius 1 is 0.500 bits per heavy atom. The number of aryl methyl sites for hydroxylation is 3. The molecule has 48 heavy (non-hydrogen) atoms. The van der Waals surface area contributed by atoms with Crippen molar-refractivity contribution in [3.05, 3.63) is 161 Å². The smallest absolute Gasteiger partial charge is 0.126 e. The third-order valence-corrected chi connectivity index (χ3v) is 10.5. The van der Waals surface area contributed by atoms with Crippen LogP contribution in [0.25, 0.3) is 33.4 Å². The average molecular weight is 631 g/mol. The van der Waals surface area contributed by atoms with Crippen LogP contribution in [-0.2, 0) is 5.41 Å². The van der Waals surface area contributed by atoms with Crippen LogP contribution in [0.2, 0.25) is 0 Å². The van der Waals surface area contributed by atoms with E-state index in [9.17, 15) is 15.3 Å². The lowest BCUT2D eigenvalue weighted by Crippen LogP contribution is -2.34. The van der Waals surface area contributed by atoms with Crippen molar-refractivity contribution in [1.82, 2.24) is 0 Å².